The molecule has 0 saturated carbocycles. The van der Waals surface area contributed by atoms with E-state index in [9.17, 15) is 8.78 Å². The smallest absolute Gasteiger partial charge is 0.137 e. The quantitative estimate of drug-likeness (QED) is 0.721. The molecule has 0 radical (unpaired) electrons. The third-order valence-corrected chi connectivity index (χ3v) is 3.49. The molecule has 0 N–H and O–H groups in total. The Morgan fingerprint density at radius 3 is 2.39 bits per heavy atom. The second-order valence-corrected chi connectivity index (χ2v) is 4.95. The molecule has 23 heavy (non-hydrogen) atoms. The molecule has 0 unspecified atom stereocenters. The Bertz CT molecular complexity index is 780. The predicted molar refractivity (Wildman–Crippen MR) is 81.4 cm³/mol. The highest BCUT2D eigenvalue weighted by molar-refractivity contribution is 5.38. The SMILES string of the molecule is CCc1nncn1-c1ccc(OCc2c(F)cccc2F)cc1. The number of hydrogen-bond acceptors (Lipinski definition) is 3. The summed E-state index contributed by atoms with van der Waals surface area (Å²) in [6.45, 7) is 1.84. The molecule has 0 saturated heterocycles. The topological polar surface area (TPSA) is 39.9 Å². The monoisotopic (exact) mass is 315 g/mol. The van der Waals surface area contributed by atoms with Gasteiger partial charge in [0.05, 0.1) is 5.56 Å². The zero-order chi connectivity index (χ0) is 16.2. The van der Waals surface area contributed by atoms with E-state index in [1.165, 1.54) is 18.2 Å². The van der Waals surface area contributed by atoms with Gasteiger partial charge in [-0.25, -0.2) is 8.78 Å². The highest BCUT2D eigenvalue weighted by Crippen LogP contribution is 2.19. The van der Waals surface area contributed by atoms with E-state index in [1.54, 1.807) is 18.5 Å². The molecule has 3 aromatic rings. The van der Waals surface area contributed by atoms with Gasteiger partial charge in [0.1, 0.15) is 36.1 Å². The average molecular weight is 315 g/mol. The summed E-state index contributed by atoms with van der Waals surface area (Å²) in [6, 6.07) is 10.9. The van der Waals surface area contributed by atoms with Crippen LogP contribution in [0.3, 0.4) is 0 Å². The lowest BCUT2D eigenvalue weighted by atomic mass is 10.2. The van der Waals surface area contributed by atoms with Gasteiger partial charge in [-0.05, 0) is 36.4 Å². The van der Waals surface area contributed by atoms with Gasteiger partial charge in [0, 0.05) is 12.1 Å². The molecule has 6 heteroatoms. The number of aryl methyl sites for hydroxylation is 1. The van der Waals surface area contributed by atoms with Crippen molar-refractivity contribution in [2.24, 2.45) is 0 Å². The summed E-state index contributed by atoms with van der Waals surface area (Å²) in [5.41, 5.74) is 0.819. The van der Waals surface area contributed by atoms with E-state index in [2.05, 4.69) is 10.2 Å². The van der Waals surface area contributed by atoms with Crippen molar-refractivity contribution in [2.45, 2.75) is 20.0 Å². The van der Waals surface area contributed by atoms with E-state index in [0.717, 1.165) is 17.9 Å². The van der Waals surface area contributed by atoms with Crippen molar-refractivity contribution in [1.82, 2.24) is 14.8 Å². The lowest BCUT2D eigenvalue weighted by Crippen LogP contribution is -2.02. The van der Waals surface area contributed by atoms with Crippen molar-refractivity contribution >= 4 is 0 Å². The lowest BCUT2D eigenvalue weighted by Gasteiger charge is -2.10. The predicted octanol–water partition coefficient (Wildman–Crippen LogP) is 3.69. The van der Waals surface area contributed by atoms with Crippen LogP contribution in [-0.4, -0.2) is 14.8 Å². The first-order chi connectivity index (χ1) is 11.2. The molecule has 118 valence electrons. The number of hydrogen-bond donors (Lipinski definition) is 0. The van der Waals surface area contributed by atoms with Crippen LogP contribution in [-0.2, 0) is 13.0 Å². The number of rotatable bonds is 5. The summed E-state index contributed by atoms with van der Waals surface area (Å²) in [4.78, 5) is 0. The van der Waals surface area contributed by atoms with Crippen LogP contribution >= 0.6 is 0 Å². The molecule has 1 heterocycles. The minimum Gasteiger partial charge on any atom is -0.489 e. The van der Waals surface area contributed by atoms with Gasteiger partial charge >= 0.3 is 0 Å². The Morgan fingerprint density at radius 1 is 1.04 bits per heavy atom. The first-order valence-corrected chi connectivity index (χ1v) is 7.24. The molecule has 0 amide bonds. The Balaban J connectivity index is 1.73. The third kappa shape index (κ3) is 3.21. The van der Waals surface area contributed by atoms with Gasteiger partial charge < -0.3 is 4.74 Å². The van der Waals surface area contributed by atoms with Crippen LogP contribution in [0.2, 0.25) is 0 Å². The van der Waals surface area contributed by atoms with Crippen molar-refractivity contribution in [1.29, 1.82) is 0 Å². The molecule has 4 nitrogen and oxygen atoms in total. The van der Waals surface area contributed by atoms with Crippen molar-refractivity contribution < 1.29 is 13.5 Å². The number of aromatic nitrogens is 3. The second-order valence-electron chi connectivity index (χ2n) is 4.95. The first-order valence-electron chi connectivity index (χ1n) is 7.24. The molecule has 0 fully saturated rings. The zero-order valence-corrected chi connectivity index (χ0v) is 12.5. The summed E-state index contributed by atoms with van der Waals surface area (Å²) < 4.78 is 34.4. The van der Waals surface area contributed by atoms with Crippen LogP contribution in [0.1, 0.15) is 18.3 Å². The molecule has 0 aliphatic rings. The molecular weight excluding hydrogens is 300 g/mol. The lowest BCUT2D eigenvalue weighted by molar-refractivity contribution is 0.292. The van der Waals surface area contributed by atoms with Crippen LogP contribution in [0.4, 0.5) is 8.78 Å². The summed E-state index contributed by atoms with van der Waals surface area (Å²) in [7, 11) is 0. The van der Waals surface area contributed by atoms with E-state index >= 15 is 0 Å². The van der Waals surface area contributed by atoms with E-state index in [0.29, 0.717) is 5.75 Å². The molecule has 0 atom stereocenters. The van der Waals surface area contributed by atoms with Gasteiger partial charge in [0.2, 0.25) is 0 Å². The molecule has 0 bridgehead atoms. The fourth-order valence-electron chi connectivity index (χ4n) is 2.24. The molecule has 0 aliphatic heterocycles. The third-order valence-electron chi connectivity index (χ3n) is 3.49. The van der Waals surface area contributed by atoms with Gasteiger partial charge in [-0.15, -0.1) is 10.2 Å². The summed E-state index contributed by atoms with van der Waals surface area (Å²) in [5, 5.41) is 7.91. The normalized spacial score (nSPS) is 10.7. The van der Waals surface area contributed by atoms with Crippen LogP contribution in [0.15, 0.2) is 48.8 Å². The summed E-state index contributed by atoms with van der Waals surface area (Å²) >= 11 is 0. The highest BCUT2D eigenvalue weighted by atomic mass is 19.1. The fourth-order valence-corrected chi connectivity index (χ4v) is 2.24. The van der Waals surface area contributed by atoms with E-state index in [4.69, 9.17) is 4.74 Å². The van der Waals surface area contributed by atoms with Crippen LogP contribution < -0.4 is 4.74 Å². The van der Waals surface area contributed by atoms with Gasteiger partial charge in [-0.2, -0.15) is 0 Å². The van der Waals surface area contributed by atoms with Crippen molar-refractivity contribution in [3.05, 3.63) is 71.8 Å². The van der Waals surface area contributed by atoms with Gasteiger partial charge in [-0.3, -0.25) is 4.57 Å². The minimum atomic E-state index is -0.612. The zero-order valence-electron chi connectivity index (χ0n) is 12.5. The van der Waals surface area contributed by atoms with Crippen molar-refractivity contribution in [3.63, 3.8) is 0 Å². The largest absolute Gasteiger partial charge is 0.489 e. The molecule has 0 spiro atoms. The van der Waals surface area contributed by atoms with Crippen molar-refractivity contribution in [3.8, 4) is 11.4 Å². The van der Waals surface area contributed by atoms with Gasteiger partial charge in [0.25, 0.3) is 0 Å². The van der Waals surface area contributed by atoms with Crippen molar-refractivity contribution in [2.75, 3.05) is 0 Å². The Morgan fingerprint density at radius 2 is 1.74 bits per heavy atom. The fraction of sp³-hybridized carbons (Fsp3) is 0.176. The molecule has 0 aliphatic carbocycles. The van der Waals surface area contributed by atoms with E-state index < -0.39 is 11.6 Å². The van der Waals surface area contributed by atoms with Gasteiger partial charge in [-0.1, -0.05) is 13.0 Å². The number of benzene rings is 2. The van der Waals surface area contributed by atoms with Crippen LogP contribution in [0.25, 0.3) is 5.69 Å². The standard InChI is InChI=1S/C17H15F2N3O/c1-2-17-21-20-11-22(17)12-6-8-13(9-7-12)23-10-14-15(18)4-3-5-16(14)19/h3-9,11H,2,10H2,1H3. The highest BCUT2D eigenvalue weighted by Gasteiger charge is 2.09. The maximum Gasteiger partial charge on any atom is 0.137 e. The maximum atomic E-state index is 13.5. The second kappa shape index (κ2) is 6.56. The summed E-state index contributed by atoms with van der Waals surface area (Å²) in [5.74, 6) is 0.159. The Labute approximate surface area is 132 Å². The Kier molecular flexibility index (Phi) is 4.32. The molecule has 1 aromatic heterocycles. The average Bonchev–Trinajstić information content (AvgIpc) is 3.03. The number of nitrogens with zero attached hydrogens (tertiary/aromatic N) is 3. The van der Waals surface area contributed by atoms with Crippen LogP contribution in [0, 0.1) is 11.6 Å². The number of halogens is 2. The maximum absolute atomic E-state index is 13.5. The van der Waals surface area contributed by atoms with Crippen LogP contribution in [0.5, 0.6) is 5.75 Å². The minimum absolute atomic E-state index is 0.0799. The number of ether oxygens (including phenoxy) is 1. The first kappa shape index (κ1) is 15.1. The summed E-state index contributed by atoms with van der Waals surface area (Å²) in [6.07, 6.45) is 2.41. The molecular formula is C17H15F2N3O. The Hall–Kier alpha value is -2.76. The van der Waals surface area contributed by atoms with Gasteiger partial charge in [0.15, 0.2) is 0 Å². The van der Waals surface area contributed by atoms with E-state index in [-0.39, 0.29) is 12.2 Å². The van der Waals surface area contributed by atoms with E-state index in [1.807, 2.05) is 23.6 Å². The molecule has 3 rings (SSSR count). The molecule has 2 aromatic carbocycles.